The maximum absolute atomic E-state index is 12.2. The van der Waals surface area contributed by atoms with Crippen LogP contribution in [-0.4, -0.2) is 25.7 Å². The summed E-state index contributed by atoms with van der Waals surface area (Å²) in [5.41, 5.74) is 0.592. The number of nitrogens with one attached hydrogen (secondary N) is 1. The van der Waals surface area contributed by atoms with Crippen LogP contribution in [0.5, 0.6) is 5.75 Å². The van der Waals surface area contributed by atoms with Gasteiger partial charge in [0.2, 0.25) is 0 Å². The Hall–Kier alpha value is -2.90. The largest absolute Gasteiger partial charge is 0.508 e. The van der Waals surface area contributed by atoms with Gasteiger partial charge in [0.15, 0.2) is 0 Å². The summed E-state index contributed by atoms with van der Waals surface area (Å²) in [5, 5.41) is 27.1. The number of phenolic OH excluding ortho intramolecular Hbond substituents is 1. The third-order valence-electron chi connectivity index (χ3n) is 2.91. The summed E-state index contributed by atoms with van der Waals surface area (Å²) in [6.45, 7) is 1.88. The molecule has 0 saturated carbocycles. The number of aromatic nitrogens is 2. The molecule has 1 heterocycles. The lowest BCUT2D eigenvalue weighted by Gasteiger charge is -2.05. The Morgan fingerprint density at radius 2 is 2.24 bits per heavy atom. The highest BCUT2D eigenvalue weighted by Gasteiger charge is 2.22. The molecule has 0 saturated heterocycles. The first-order chi connectivity index (χ1) is 9.92. The number of rotatable bonds is 4. The monoisotopic (exact) mass is 290 g/mol. The van der Waals surface area contributed by atoms with Crippen molar-refractivity contribution in [2.45, 2.75) is 13.3 Å². The summed E-state index contributed by atoms with van der Waals surface area (Å²) in [7, 11) is 1.71. The van der Waals surface area contributed by atoms with E-state index >= 15 is 0 Å². The first-order valence-corrected chi connectivity index (χ1v) is 6.23. The number of nitrogens with zero attached hydrogens (tertiary/aromatic N) is 3. The van der Waals surface area contributed by atoms with Crippen LogP contribution in [0, 0.1) is 10.1 Å². The Morgan fingerprint density at radius 3 is 2.86 bits per heavy atom. The van der Waals surface area contributed by atoms with Gasteiger partial charge in [0, 0.05) is 19.3 Å². The zero-order valence-corrected chi connectivity index (χ0v) is 11.5. The Bertz CT molecular complexity index is 708. The number of anilines is 1. The fourth-order valence-electron chi connectivity index (χ4n) is 1.95. The topological polar surface area (TPSA) is 110 Å². The molecule has 1 amide bonds. The minimum Gasteiger partial charge on any atom is -0.508 e. The van der Waals surface area contributed by atoms with E-state index in [1.807, 2.05) is 6.92 Å². The van der Waals surface area contributed by atoms with Gasteiger partial charge in [0.1, 0.15) is 11.3 Å². The van der Waals surface area contributed by atoms with Gasteiger partial charge < -0.3 is 10.4 Å². The van der Waals surface area contributed by atoms with Crippen molar-refractivity contribution in [1.82, 2.24) is 9.78 Å². The maximum Gasteiger partial charge on any atom is 0.282 e. The summed E-state index contributed by atoms with van der Waals surface area (Å²) in [6, 6.07) is 3.32. The molecule has 0 bridgehead atoms. The number of nitro groups is 1. The number of nitro benzene ring substituents is 1. The van der Waals surface area contributed by atoms with E-state index in [1.165, 1.54) is 0 Å². The van der Waals surface area contributed by atoms with Crippen LogP contribution in [0.3, 0.4) is 0 Å². The average Bonchev–Trinajstić information content (AvgIpc) is 2.78. The van der Waals surface area contributed by atoms with Crippen LogP contribution < -0.4 is 5.32 Å². The molecule has 21 heavy (non-hydrogen) atoms. The van der Waals surface area contributed by atoms with Gasteiger partial charge in [0.25, 0.3) is 11.6 Å². The third kappa shape index (κ3) is 2.99. The highest BCUT2D eigenvalue weighted by atomic mass is 16.6. The van der Waals surface area contributed by atoms with E-state index < -0.39 is 10.8 Å². The van der Waals surface area contributed by atoms with E-state index in [0.717, 1.165) is 18.2 Å². The van der Waals surface area contributed by atoms with Crippen LogP contribution >= 0.6 is 0 Å². The molecule has 0 atom stereocenters. The van der Waals surface area contributed by atoms with Crippen molar-refractivity contribution in [3.05, 3.63) is 45.8 Å². The maximum atomic E-state index is 12.2. The van der Waals surface area contributed by atoms with E-state index in [4.69, 9.17) is 0 Å². The highest BCUT2D eigenvalue weighted by molar-refractivity contribution is 6.07. The molecule has 0 aliphatic rings. The highest BCUT2D eigenvalue weighted by Crippen LogP contribution is 2.25. The second-order valence-corrected chi connectivity index (χ2v) is 4.43. The number of amides is 1. The standard InChI is InChI=1S/C13H14N4O4/c1-3-10-11(7-16(2)15-10)14-13(19)9-6-8(18)4-5-12(9)17(20)21/h4-7,18H,3H2,1-2H3,(H,14,19). The van der Waals surface area contributed by atoms with Gasteiger partial charge in [-0.3, -0.25) is 19.6 Å². The number of benzene rings is 1. The molecule has 1 aromatic heterocycles. The minimum absolute atomic E-state index is 0.203. The Balaban J connectivity index is 2.36. The van der Waals surface area contributed by atoms with Gasteiger partial charge in [-0.2, -0.15) is 5.10 Å². The molecule has 0 spiro atoms. The summed E-state index contributed by atoms with van der Waals surface area (Å²) < 4.78 is 1.55. The molecule has 8 nitrogen and oxygen atoms in total. The van der Waals surface area contributed by atoms with Gasteiger partial charge in [0.05, 0.1) is 16.3 Å². The SMILES string of the molecule is CCc1nn(C)cc1NC(=O)c1cc(O)ccc1[N+](=O)[O-]. The summed E-state index contributed by atoms with van der Waals surface area (Å²) in [4.78, 5) is 22.5. The van der Waals surface area contributed by atoms with E-state index in [0.29, 0.717) is 17.8 Å². The van der Waals surface area contributed by atoms with Crippen LogP contribution in [0.1, 0.15) is 23.0 Å². The third-order valence-corrected chi connectivity index (χ3v) is 2.91. The van der Waals surface area contributed by atoms with Crippen molar-refractivity contribution in [3.8, 4) is 5.75 Å². The zero-order valence-electron chi connectivity index (χ0n) is 11.5. The minimum atomic E-state index is -0.668. The normalized spacial score (nSPS) is 10.4. The number of hydrogen-bond donors (Lipinski definition) is 2. The van der Waals surface area contributed by atoms with Crippen LogP contribution in [0.2, 0.25) is 0 Å². The first kappa shape index (κ1) is 14.5. The number of carbonyl (C=O) groups is 1. The lowest BCUT2D eigenvalue weighted by atomic mass is 10.1. The molecule has 0 unspecified atom stereocenters. The molecule has 8 heteroatoms. The van der Waals surface area contributed by atoms with Crippen LogP contribution in [-0.2, 0) is 13.5 Å². The van der Waals surface area contributed by atoms with Gasteiger partial charge >= 0.3 is 0 Å². The number of phenols is 1. The number of aryl methyl sites for hydroxylation is 2. The van der Waals surface area contributed by atoms with E-state index in [9.17, 15) is 20.0 Å². The number of carbonyl (C=O) groups excluding carboxylic acids is 1. The second-order valence-electron chi connectivity index (χ2n) is 4.43. The van der Waals surface area contributed by atoms with Crippen LogP contribution in [0.25, 0.3) is 0 Å². The van der Waals surface area contributed by atoms with Crippen molar-refractivity contribution < 1.29 is 14.8 Å². The molecule has 2 aromatic rings. The van der Waals surface area contributed by atoms with Crippen LogP contribution in [0.15, 0.2) is 24.4 Å². The Kier molecular flexibility index (Phi) is 3.88. The molecular weight excluding hydrogens is 276 g/mol. The number of hydrogen-bond acceptors (Lipinski definition) is 5. The smallest absolute Gasteiger partial charge is 0.282 e. The van der Waals surface area contributed by atoms with Gasteiger partial charge in [-0.15, -0.1) is 0 Å². The van der Waals surface area contributed by atoms with Crippen molar-refractivity contribution in [2.24, 2.45) is 7.05 Å². The van der Waals surface area contributed by atoms with Crippen molar-refractivity contribution in [1.29, 1.82) is 0 Å². The summed E-state index contributed by atoms with van der Waals surface area (Å²) in [6.07, 6.45) is 2.23. The molecule has 0 fully saturated rings. The molecular formula is C13H14N4O4. The fourth-order valence-corrected chi connectivity index (χ4v) is 1.95. The average molecular weight is 290 g/mol. The van der Waals surface area contributed by atoms with Crippen molar-refractivity contribution in [2.75, 3.05) is 5.32 Å². The second kappa shape index (κ2) is 5.61. The van der Waals surface area contributed by atoms with Gasteiger partial charge in [-0.1, -0.05) is 6.92 Å². The van der Waals surface area contributed by atoms with E-state index in [-0.39, 0.29) is 17.0 Å². The van der Waals surface area contributed by atoms with Gasteiger partial charge in [-0.05, 0) is 18.6 Å². The molecule has 0 aliphatic heterocycles. The predicted molar refractivity (Wildman–Crippen MR) is 75.3 cm³/mol. The van der Waals surface area contributed by atoms with E-state index in [2.05, 4.69) is 10.4 Å². The summed E-state index contributed by atoms with van der Waals surface area (Å²) in [5.74, 6) is -0.882. The summed E-state index contributed by atoms with van der Waals surface area (Å²) >= 11 is 0. The van der Waals surface area contributed by atoms with Crippen molar-refractivity contribution in [3.63, 3.8) is 0 Å². The lowest BCUT2D eigenvalue weighted by Crippen LogP contribution is -2.14. The lowest BCUT2D eigenvalue weighted by molar-refractivity contribution is -0.385. The van der Waals surface area contributed by atoms with Crippen LogP contribution in [0.4, 0.5) is 11.4 Å². The molecule has 0 radical (unpaired) electrons. The Morgan fingerprint density at radius 1 is 1.52 bits per heavy atom. The molecule has 2 N–H and O–H groups in total. The molecule has 1 aromatic carbocycles. The predicted octanol–water partition coefficient (Wildman–Crippen LogP) is 1.85. The quantitative estimate of drug-likeness (QED) is 0.659. The Labute approximate surface area is 120 Å². The van der Waals surface area contributed by atoms with Crippen molar-refractivity contribution >= 4 is 17.3 Å². The zero-order chi connectivity index (χ0) is 15.6. The first-order valence-electron chi connectivity index (χ1n) is 6.23. The fraction of sp³-hybridized carbons (Fsp3) is 0.231. The molecule has 0 aliphatic carbocycles. The molecule has 110 valence electrons. The van der Waals surface area contributed by atoms with E-state index in [1.54, 1.807) is 17.9 Å². The molecule has 2 rings (SSSR count). The number of aromatic hydroxyl groups is 1. The van der Waals surface area contributed by atoms with Gasteiger partial charge in [-0.25, -0.2) is 0 Å².